The normalized spacial score (nSPS) is 14.1. The number of aliphatic hydroxyl groups excluding tert-OH is 1. The lowest BCUT2D eigenvalue weighted by Gasteiger charge is -2.28. The van der Waals surface area contributed by atoms with Crippen LogP contribution in [0, 0.1) is 0 Å². The Balaban J connectivity index is 3.80. The Morgan fingerprint density at radius 3 is 2.00 bits per heavy atom. The van der Waals surface area contributed by atoms with E-state index in [4.69, 9.17) is 9.84 Å². The Bertz CT molecular complexity index is 565. The summed E-state index contributed by atoms with van der Waals surface area (Å²) in [4.78, 5) is 23.1. The lowest BCUT2D eigenvalue weighted by Crippen LogP contribution is -2.44. The van der Waals surface area contributed by atoms with Gasteiger partial charge in [0.1, 0.15) is 6.54 Å². The maximum atomic E-state index is 12.1. The predicted octanol–water partition coefficient (Wildman–Crippen LogP) is 5.64. The molecule has 0 fully saturated rings. The van der Waals surface area contributed by atoms with Gasteiger partial charge in [-0.2, -0.15) is 0 Å². The standard InChI is InChI=1S/C27H49NO5/c1-5-6-7-8-9-10-11-12-13-14-15-16-17-18-19-20-24(29)21-27(32)33-25(22-26(30)31)23-28(2,3)4/h9-10,12-13,24-25,29H,5-8,11,14-23H2,1-4H3/p+1/b10-9-,13-12-/t24-,25?/m1/s1. The van der Waals surface area contributed by atoms with Crippen LogP contribution < -0.4 is 0 Å². The summed E-state index contributed by atoms with van der Waals surface area (Å²) < 4.78 is 5.83. The molecule has 0 saturated carbocycles. The van der Waals surface area contributed by atoms with Gasteiger partial charge < -0.3 is 19.4 Å². The van der Waals surface area contributed by atoms with Crippen molar-refractivity contribution in [2.45, 2.75) is 109 Å². The van der Waals surface area contributed by atoms with E-state index in [0.29, 0.717) is 17.4 Å². The van der Waals surface area contributed by atoms with Gasteiger partial charge in [-0.3, -0.25) is 9.59 Å². The fraction of sp³-hybridized carbons (Fsp3) is 0.778. The quantitative estimate of drug-likeness (QED) is 0.0985. The van der Waals surface area contributed by atoms with Crippen molar-refractivity contribution in [3.05, 3.63) is 24.3 Å². The van der Waals surface area contributed by atoms with E-state index in [9.17, 15) is 14.7 Å². The van der Waals surface area contributed by atoms with E-state index in [1.165, 1.54) is 38.5 Å². The number of quaternary nitrogens is 1. The second kappa shape index (κ2) is 19.8. The maximum Gasteiger partial charge on any atom is 0.308 e. The molecule has 0 aliphatic heterocycles. The molecule has 0 rings (SSSR count). The van der Waals surface area contributed by atoms with Gasteiger partial charge in [0.2, 0.25) is 0 Å². The molecule has 0 aliphatic rings. The molecule has 0 aromatic rings. The Morgan fingerprint density at radius 1 is 0.848 bits per heavy atom. The molecule has 0 radical (unpaired) electrons. The van der Waals surface area contributed by atoms with E-state index < -0.39 is 24.1 Å². The third-order valence-electron chi connectivity index (χ3n) is 5.34. The number of carboxylic acids is 1. The van der Waals surface area contributed by atoms with E-state index >= 15 is 0 Å². The SMILES string of the molecule is CCCCC/C=C\C/C=C\CCCCCCC[C@@H](O)CC(=O)OC(CC(=O)O)C[N+](C)(C)C. The number of carboxylic acid groups (broad SMARTS) is 1. The van der Waals surface area contributed by atoms with Crippen LogP contribution in [0.2, 0.25) is 0 Å². The molecule has 0 aromatic carbocycles. The Labute approximate surface area is 202 Å². The predicted molar refractivity (Wildman–Crippen MR) is 135 cm³/mol. The molecule has 6 nitrogen and oxygen atoms in total. The summed E-state index contributed by atoms with van der Waals surface area (Å²) >= 11 is 0. The van der Waals surface area contributed by atoms with Gasteiger partial charge in [0.15, 0.2) is 6.10 Å². The number of carbonyl (C=O) groups is 2. The third-order valence-corrected chi connectivity index (χ3v) is 5.34. The number of rotatable bonds is 21. The van der Waals surface area contributed by atoms with Crippen LogP contribution in [0.5, 0.6) is 0 Å². The molecule has 0 heterocycles. The second-order valence-corrected chi connectivity index (χ2v) is 10.1. The number of likely N-dealkylation sites (N-methyl/N-ethyl adjacent to an activating group) is 1. The van der Waals surface area contributed by atoms with E-state index in [2.05, 4.69) is 31.2 Å². The first kappa shape index (κ1) is 31.3. The number of ether oxygens (including phenoxy) is 1. The first-order valence-corrected chi connectivity index (χ1v) is 12.8. The van der Waals surface area contributed by atoms with Gasteiger partial charge in [-0.25, -0.2) is 0 Å². The number of aliphatic hydroxyl groups is 1. The molecular weight excluding hydrogens is 418 g/mol. The van der Waals surface area contributed by atoms with Crippen LogP contribution in [-0.4, -0.2) is 66.5 Å². The summed E-state index contributed by atoms with van der Waals surface area (Å²) in [6.45, 7) is 2.64. The molecule has 0 aromatic heterocycles. The van der Waals surface area contributed by atoms with Crippen LogP contribution in [0.15, 0.2) is 24.3 Å². The van der Waals surface area contributed by atoms with Crippen LogP contribution >= 0.6 is 0 Å². The number of unbranched alkanes of at least 4 members (excludes halogenated alkanes) is 8. The highest BCUT2D eigenvalue weighted by Crippen LogP contribution is 2.13. The highest BCUT2D eigenvalue weighted by atomic mass is 16.5. The first-order valence-electron chi connectivity index (χ1n) is 12.8. The molecule has 1 unspecified atom stereocenters. The lowest BCUT2D eigenvalue weighted by molar-refractivity contribution is -0.873. The number of nitrogens with zero attached hydrogens (tertiary/aromatic N) is 1. The zero-order valence-corrected chi connectivity index (χ0v) is 21.6. The minimum absolute atomic E-state index is 0.0783. The molecule has 0 amide bonds. The average molecular weight is 469 g/mol. The van der Waals surface area contributed by atoms with Crippen molar-refractivity contribution in [1.29, 1.82) is 0 Å². The average Bonchev–Trinajstić information content (AvgIpc) is 2.68. The summed E-state index contributed by atoms with van der Waals surface area (Å²) in [7, 11) is 5.75. The lowest BCUT2D eigenvalue weighted by atomic mass is 10.1. The van der Waals surface area contributed by atoms with Gasteiger partial charge >= 0.3 is 11.9 Å². The third kappa shape index (κ3) is 23.3. The van der Waals surface area contributed by atoms with Crippen molar-refractivity contribution >= 4 is 11.9 Å². The van der Waals surface area contributed by atoms with Crippen LogP contribution in [0.3, 0.4) is 0 Å². The number of hydrogen-bond donors (Lipinski definition) is 2. The summed E-state index contributed by atoms with van der Waals surface area (Å²) in [5.41, 5.74) is 0. The van der Waals surface area contributed by atoms with Gasteiger partial charge in [0.25, 0.3) is 0 Å². The van der Waals surface area contributed by atoms with Crippen LogP contribution in [-0.2, 0) is 14.3 Å². The van der Waals surface area contributed by atoms with E-state index in [-0.39, 0.29) is 12.8 Å². The Morgan fingerprint density at radius 2 is 1.42 bits per heavy atom. The van der Waals surface area contributed by atoms with E-state index in [1.807, 2.05) is 21.1 Å². The second-order valence-electron chi connectivity index (χ2n) is 10.1. The highest BCUT2D eigenvalue weighted by Gasteiger charge is 2.25. The zero-order valence-electron chi connectivity index (χ0n) is 21.6. The minimum Gasteiger partial charge on any atom is -0.481 e. The topological polar surface area (TPSA) is 83.8 Å². The summed E-state index contributed by atoms with van der Waals surface area (Å²) in [5.74, 6) is -1.52. The zero-order chi connectivity index (χ0) is 25.0. The monoisotopic (exact) mass is 468 g/mol. The number of allylic oxidation sites excluding steroid dienone is 4. The van der Waals surface area contributed by atoms with Crippen molar-refractivity contribution < 1.29 is 29.0 Å². The molecule has 6 heteroatoms. The Hall–Kier alpha value is -1.66. The van der Waals surface area contributed by atoms with Gasteiger partial charge in [-0.05, 0) is 38.5 Å². The molecule has 0 bridgehead atoms. The van der Waals surface area contributed by atoms with Crippen molar-refractivity contribution in [3.63, 3.8) is 0 Å². The van der Waals surface area contributed by atoms with Gasteiger partial charge in [-0.1, -0.05) is 69.8 Å². The molecule has 0 aliphatic carbocycles. The van der Waals surface area contributed by atoms with Gasteiger partial charge in [0, 0.05) is 0 Å². The molecule has 2 N–H and O–H groups in total. The van der Waals surface area contributed by atoms with Crippen LogP contribution in [0.25, 0.3) is 0 Å². The molecule has 0 saturated heterocycles. The number of hydrogen-bond acceptors (Lipinski definition) is 4. The van der Waals surface area contributed by atoms with E-state index in [1.54, 1.807) is 0 Å². The van der Waals surface area contributed by atoms with Crippen molar-refractivity contribution in [2.75, 3.05) is 27.7 Å². The minimum atomic E-state index is -0.994. The van der Waals surface area contributed by atoms with Crippen LogP contribution in [0.1, 0.15) is 96.8 Å². The van der Waals surface area contributed by atoms with Crippen molar-refractivity contribution in [2.24, 2.45) is 0 Å². The molecule has 0 spiro atoms. The fourth-order valence-corrected chi connectivity index (χ4v) is 3.67. The largest absolute Gasteiger partial charge is 0.481 e. The van der Waals surface area contributed by atoms with Gasteiger partial charge in [-0.15, -0.1) is 0 Å². The molecule has 192 valence electrons. The maximum absolute atomic E-state index is 12.1. The highest BCUT2D eigenvalue weighted by molar-refractivity contribution is 5.71. The Kier molecular flexibility index (Phi) is 18.8. The smallest absolute Gasteiger partial charge is 0.308 e. The fourth-order valence-electron chi connectivity index (χ4n) is 3.67. The number of carbonyl (C=O) groups excluding carboxylic acids is 1. The molecule has 2 atom stereocenters. The van der Waals surface area contributed by atoms with E-state index in [0.717, 1.165) is 32.1 Å². The van der Waals surface area contributed by atoms with Crippen molar-refractivity contribution in [3.8, 4) is 0 Å². The first-order chi connectivity index (χ1) is 15.6. The van der Waals surface area contributed by atoms with Gasteiger partial charge in [0.05, 0.1) is 40.1 Å². The summed E-state index contributed by atoms with van der Waals surface area (Å²) in [5, 5.41) is 19.1. The summed E-state index contributed by atoms with van der Waals surface area (Å²) in [6, 6.07) is 0. The number of aliphatic carboxylic acids is 1. The van der Waals surface area contributed by atoms with Crippen LogP contribution in [0.4, 0.5) is 0 Å². The number of esters is 1. The van der Waals surface area contributed by atoms with Crippen molar-refractivity contribution in [1.82, 2.24) is 0 Å². The molecule has 33 heavy (non-hydrogen) atoms. The molecular formula is C27H50NO5+. The summed E-state index contributed by atoms with van der Waals surface area (Å²) in [6.07, 6.45) is 20.5.